The summed E-state index contributed by atoms with van der Waals surface area (Å²) in [6.45, 7) is -3.01. The van der Waals surface area contributed by atoms with Crippen LogP contribution in [0, 0.1) is 0 Å². The quantitative estimate of drug-likeness (QED) is 0.231. The number of aromatic nitrogens is 2. The third-order valence-corrected chi connectivity index (χ3v) is 5.85. The van der Waals surface area contributed by atoms with Gasteiger partial charge in [-0.15, -0.1) is 0 Å². The van der Waals surface area contributed by atoms with Gasteiger partial charge in [0.1, 0.15) is 10.8 Å². The van der Waals surface area contributed by atoms with Gasteiger partial charge >= 0.3 is 12.6 Å². The van der Waals surface area contributed by atoms with Crippen LogP contribution in [0.4, 0.5) is 48.1 Å². The number of carbonyl (C=O) groups is 1. The Labute approximate surface area is 216 Å². The fourth-order valence-corrected chi connectivity index (χ4v) is 4.05. The molecule has 0 radical (unpaired) electrons. The van der Waals surface area contributed by atoms with E-state index in [4.69, 9.17) is 11.6 Å². The standard InChI is InChI=1S/C26H21ClF2N6O2/c27-19-14-30-25-32-17-5-3-4-15(12-17)8-9-16-13-18(31-23(19)35-25)10-11-20(16)33-26(36)34-21-6-1-2-7-22(21)37-24(28)29/h1-7,10-14,24H,8-9H2,(H2,33,34,36)(H2,30,31,32,35). The lowest BCUT2D eigenvalue weighted by atomic mass is 10.0. The molecule has 2 amide bonds. The van der Waals surface area contributed by atoms with E-state index in [0.717, 1.165) is 16.8 Å². The third-order valence-electron chi connectivity index (χ3n) is 5.58. The van der Waals surface area contributed by atoms with Crippen molar-refractivity contribution < 1.29 is 18.3 Å². The number of nitrogens with one attached hydrogen (secondary N) is 4. The third kappa shape index (κ3) is 6.04. The monoisotopic (exact) mass is 522 g/mol. The molecule has 1 aromatic heterocycles. The van der Waals surface area contributed by atoms with Crippen LogP contribution in [0.25, 0.3) is 0 Å². The molecule has 11 heteroatoms. The van der Waals surface area contributed by atoms with Gasteiger partial charge in [-0.05, 0) is 66.4 Å². The summed E-state index contributed by atoms with van der Waals surface area (Å²) < 4.78 is 30.0. The van der Waals surface area contributed by atoms with Crippen LogP contribution in [0.2, 0.25) is 5.02 Å². The van der Waals surface area contributed by atoms with Crippen LogP contribution in [0.3, 0.4) is 0 Å². The number of para-hydroxylation sites is 2. The Balaban J connectivity index is 1.43. The molecule has 0 fully saturated rings. The summed E-state index contributed by atoms with van der Waals surface area (Å²) in [6.07, 6.45) is 2.82. The largest absolute Gasteiger partial charge is 0.433 e. The van der Waals surface area contributed by atoms with Crippen LogP contribution in [0.15, 0.2) is 72.9 Å². The van der Waals surface area contributed by atoms with Crippen molar-refractivity contribution in [2.24, 2.45) is 0 Å². The fourth-order valence-electron chi connectivity index (χ4n) is 3.91. The molecule has 1 aliphatic rings. The maximum absolute atomic E-state index is 12.8. The zero-order valence-electron chi connectivity index (χ0n) is 19.3. The molecule has 4 aromatic rings. The van der Waals surface area contributed by atoms with Crippen LogP contribution >= 0.6 is 11.6 Å². The number of hydrogen-bond acceptors (Lipinski definition) is 6. The zero-order valence-corrected chi connectivity index (χ0v) is 20.0. The Morgan fingerprint density at radius 3 is 2.62 bits per heavy atom. The molecule has 2 heterocycles. The molecule has 1 aliphatic heterocycles. The van der Waals surface area contributed by atoms with Gasteiger partial charge in [0.05, 0.1) is 11.9 Å². The molecule has 0 atom stereocenters. The zero-order chi connectivity index (χ0) is 25.8. The number of halogens is 3. The molecule has 0 saturated heterocycles. The number of carbonyl (C=O) groups excluding carboxylic acids is 1. The first kappa shape index (κ1) is 24.3. The molecule has 3 aromatic carbocycles. The maximum Gasteiger partial charge on any atom is 0.387 e. The Morgan fingerprint density at radius 1 is 0.946 bits per heavy atom. The van der Waals surface area contributed by atoms with Crippen molar-refractivity contribution in [3.05, 3.63) is 89.1 Å². The van der Waals surface area contributed by atoms with Gasteiger partial charge in [-0.2, -0.15) is 13.8 Å². The van der Waals surface area contributed by atoms with E-state index in [1.54, 1.807) is 24.3 Å². The number of nitrogens with zero attached hydrogens (tertiary/aromatic N) is 2. The normalized spacial score (nSPS) is 12.2. The second-order valence-corrected chi connectivity index (χ2v) is 8.57. The van der Waals surface area contributed by atoms with Crippen molar-refractivity contribution >= 4 is 52.1 Å². The number of urea groups is 1. The van der Waals surface area contributed by atoms with E-state index in [0.29, 0.717) is 41.0 Å². The van der Waals surface area contributed by atoms with E-state index in [1.165, 1.54) is 18.3 Å². The van der Waals surface area contributed by atoms with Gasteiger partial charge in [-0.25, -0.2) is 9.78 Å². The number of alkyl halides is 2. The summed E-state index contributed by atoms with van der Waals surface area (Å²) in [7, 11) is 0. The van der Waals surface area contributed by atoms with Gasteiger partial charge in [0.15, 0.2) is 5.82 Å². The summed E-state index contributed by atoms with van der Waals surface area (Å²) in [6, 6.07) is 18.7. The first-order chi connectivity index (χ1) is 17.9. The highest BCUT2D eigenvalue weighted by molar-refractivity contribution is 6.32. The molecule has 0 saturated carbocycles. The molecule has 6 bridgehead atoms. The predicted molar refractivity (Wildman–Crippen MR) is 140 cm³/mol. The van der Waals surface area contributed by atoms with Crippen molar-refractivity contribution in [1.29, 1.82) is 0 Å². The summed E-state index contributed by atoms with van der Waals surface area (Å²) in [5.74, 6) is 0.691. The highest BCUT2D eigenvalue weighted by atomic mass is 35.5. The average molecular weight is 523 g/mol. The van der Waals surface area contributed by atoms with Gasteiger partial charge in [0.2, 0.25) is 5.95 Å². The first-order valence-electron chi connectivity index (χ1n) is 11.3. The number of hydrogen-bond donors (Lipinski definition) is 4. The van der Waals surface area contributed by atoms with Gasteiger partial charge in [-0.3, -0.25) is 0 Å². The SMILES string of the molecule is O=C(Nc1ccc2cc1CCc1cccc(c1)Nc1ncc(Cl)c(n1)N2)Nc1ccccc1OC(F)F. The van der Waals surface area contributed by atoms with E-state index in [-0.39, 0.29) is 11.4 Å². The van der Waals surface area contributed by atoms with Gasteiger partial charge in [0, 0.05) is 17.1 Å². The Morgan fingerprint density at radius 2 is 1.76 bits per heavy atom. The van der Waals surface area contributed by atoms with Crippen molar-refractivity contribution in [1.82, 2.24) is 9.97 Å². The highest BCUT2D eigenvalue weighted by Gasteiger charge is 2.15. The molecule has 4 N–H and O–H groups in total. The van der Waals surface area contributed by atoms with Gasteiger partial charge in [0.25, 0.3) is 0 Å². The molecule has 5 rings (SSSR count). The molecule has 37 heavy (non-hydrogen) atoms. The maximum atomic E-state index is 12.8. The summed E-state index contributed by atoms with van der Waals surface area (Å²) in [4.78, 5) is 21.5. The smallest absolute Gasteiger partial charge is 0.387 e. The van der Waals surface area contributed by atoms with Crippen molar-refractivity contribution in [2.75, 3.05) is 21.3 Å². The number of aryl methyl sites for hydroxylation is 2. The first-order valence-corrected chi connectivity index (χ1v) is 11.7. The van der Waals surface area contributed by atoms with E-state index in [9.17, 15) is 13.6 Å². The molecule has 8 nitrogen and oxygen atoms in total. The van der Waals surface area contributed by atoms with Crippen LogP contribution < -0.4 is 26.0 Å². The average Bonchev–Trinajstić information content (AvgIpc) is 2.87. The number of benzene rings is 3. The highest BCUT2D eigenvalue weighted by Crippen LogP contribution is 2.30. The number of anilines is 6. The fraction of sp³-hybridized carbons (Fsp3) is 0.115. The lowest BCUT2D eigenvalue weighted by Crippen LogP contribution is -2.21. The molecule has 188 valence electrons. The topological polar surface area (TPSA) is 100 Å². The van der Waals surface area contributed by atoms with Gasteiger partial charge in [-0.1, -0.05) is 35.9 Å². The molecule has 0 unspecified atom stereocenters. The molecular weight excluding hydrogens is 502 g/mol. The lowest BCUT2D eigenvalue weighted by molar-refractivity contribution is -0.0493. The van der Waals surface area contributed by atoms with Crippen molar-refractivity contribution in [3.8, 4) is 5.75 Å². The number of amides is 2. The minimum Gasteiger partial charge on any atom is -0.433 e. The number of fused-ring (bicyclic) bond motifs is 6. The van der Waals surface area contributed by atoms with Crippen molar-refractivity contribution in [3.63, 3.8) is 0 Å². The van der Waals surface area contributed by atoms with Gasteiger partial charge < -0.3 is 26.0 Å². The number of rotatable bonds is 4. The Hall–Kier alpha value is -4.44. The molecule has 0 spiro atoms. The van der Waals surface area contributed by atoms with E-state index in [1.807, 2.05) is 30.3 Å². The van der Waals surface area contributed by atoms with Crippen molar-refractivity contribution in [2.45, 2.75) is 19.5 Å². The minimum atomic E-state index is -3.01. The van der Waals surface area contributed by atoms with E-state index in [2.05, 4.69) is 36.0 Å². The second-order valence-electron chi connectivity index (χ2n) is 8.17. The summed E-state index contributed by atoms with van der Waals surface area (Å²) in [5.41, 5.74) is 4.16. The van der Waals surface area contributed by atoms with Crippen LogP contribution in [-0.2, 0) is 12.8 Å². The van der Waals surface area contributed by atoms with Crippen LogP contribution in [0.1, 0.15) is 11.1 Å². The molecule has 0 aliphatic carbocycles. The van der Waals surface area contributed by atoms with E-state index < -0.39 is 12.6 Å². The second kappa shape index (κ2) is 10.7. The van der Waals surface area contributed by atoms with E-state index >= 15 is 0 Å². The molecular formula is C26H21ClF2N6O2. The van der Waals surface area contributed by atoms with Crippen LogP contribution in [0.5, 0.6) is 5.75 Å². The number of ether oxygens (including phenoxy) is 1. The predicted octanol–water partition coefficient (Wildman–Crippen LogP) is 6.96. The lowest BCUT2D eigenvalue weighted by Gasteiger charge is -2.16. The minimum absolute atomic E-state index is 0.122. The summed E-state index contributed by atoms with van der Waals surface area (Å²) >= 11 is 6.32. The Kier molecular flexibility index (Phi) is 7.00. The summed E-state index contributed by atoms with van der Waals surface area (Å²) in [5, 5.41) is 12.1. The Bertz CT molecular complexity index is 1450. The van der Waals surface area contributed by atoms with Crippen LogP contribution in [-0.4, -0.2) is 22.6 Å².